The molecule has 0 bridgehead atoms. The van der Waals surface area contributed by atoms with Gasteiger partial charge in [0, 0.05) is 5.02 Å². The Hall–Kier alpha value is -1.51. The highest BCUT2D eigenvalue weighted by molar-refractivity contribution is 6.31. The summed E-state index contributed by atoms with van der Waals surface area (Å²) in [5.41, 5.74) is 8.41. The van der Waals surface area contributed by atoms with Gasteiger partial charge in [-0.05, 0) is 42.7 Å². The highest BCUT2D eigenvalue weighted by Gasteiger charge is 2.19. The lowest BCUT2D eigenvalue weighted by molar-refractivity contribution is 0.167. The van der Waals surface area contributed by atoms with Crippen LogP contribution in [0.1, 0.15) is 30.5 Å². The lowest BCUT2D eigenvalue weighted by atomic mass is 10.0. The van der Waals surface area contributed by atoms with Crippen molar-refractivity contribution in [3.63, 3.8) is 0 Å². The molecule has 2 rings (SSSR count). The smallest absolute Gasteiger partial charge is 0.120 e. The molecule has 3 heteroatoms. The van der Waals surface area contributed by atoms with Gasteiger partial charge in [-0.2, -0.15) is 0 Å². The lowest BCUT2D eigenvalue weighted by Crippen LogP contribution is -2.30. The lowest BCUT2D eigenvalue weighted by Gasteiger charge is -2.24. The van der Waals surface area contributed by atoms with Crippen LogP contribution in [0.15, 0.2) is 48.5 Å². The van der Waals surface area contributed by atoms with Crippen molar-refractivity contribution in [2.75, 3.05) is 0 Å². The first kappa shape index (κ1) is 14.9. The fourth-order valence-electron chi connectivity index (χ4n) is 2.17. The minimum Gasteiger partial charge on any atom is -0.488 e. The highest BCUT2D eigenvalue weighted by Crippen LogP contribution is 2.25. The number of halogens is 1. The molecule has 2 aromatic carbocycles. The fourth-order valence-corrected chi connectivity index (χ4v) is 2.28. The Kier molecular flexibility index (Phi) is 5.05. The molecule has 0 aliphatic rings. The van der Waals surface area contributed by atoms with Gasteiger partial charge in [-0.15, -0.1) is 0 Å². The summed E-state index contributed by atoms with van der Waals surface area (Å²) in [5, 5.41) is 0.748. The number of rotatable bonds is 5. The van der Waals surface area contributed by atoms with E-state index in [1.807, 2.05) is 55.5 Å². The Morgan fingerprint density at radius 2 is 1.85 bits per heavy atom. The average molecular weight is 290 g/mol. The molecule has 0 aromatic heterocycles. The van der Waals surface area contributed by atoms with E-state index in [4.69, 9.17) is 22.1 Å². The monoisotopic (exact) mass is 289 g/mol. The van der Waals surface area contributed by atoms with E-state index >= 15 is 0 Å². The first-order valence-corrected chi connectivity index (χ1v) is 7.23. The van der Waals surface area contributed by atoms with Gasteiger partial charge in [0.2, 0.25) is 0 Å². The number of ether oxygens (including phenoxy) is 1. The van der Waals surface area contributed by atoms with Crippen LogP contribution in [0.5, 0.6) is 5.75 Å². The van der Waals surface area contributed by atoms with Crippen LogP contribution in [0.3, 0.4) is 0 Å². The van der Waals surface area contributed by atoms with Gasteiger partial charge in [0.1, 0.15) is 11.9 Å². The molecular formula is C17H20ClNO. The van der Waals surface area contributed by atoms with Crippen molar-refractivity contribution < 1.29 is 4.74 Å². The second kappa shape index (κ2) is 6.78. The largest absolute Gasteiger partial charge is 0.488 e. The molecule has 0 spiro atoms. The summed E-state index contributed by atoms with van der Waals surface area (Å²) in [6.07, 6.45) is 0.788. The number of hydrogen-bond donors (Lipinski definition) is 1. The van der Waals surface area contributed by atoms with Gasteiger partial charge in [-0.1, -0.05) is 48.9 Å². The molecule has 0 radical (unpaired) electrons. The van der Waals surface area contributed by atoms with Crippen molar-refractivity contribution in [2.24, 2.45) is 5.73 Å². The molecule has 0 saturated heterocycles. The van der Waals surface area contributed by atoms with Crippen LogP contribution < -0.4 is 10.5 Å². The summed E-state index contributed by atoms with van der Waals surface area (Å²) in [5.74, 6) is 0.810. The number of benzene rings is 2. The average Bonchev–Trinajstić information content (AvgIpc) is 2.48. The van der Waals surface area contributed by atoms with Gasteiger partial charge in [-0.3, -0.25) is 0 Å². The van der Waals surface area contributed by atoms with Crippen molar-refractivity contribution in [1.29, 1.82) is 0 Å². The Bertz CT molecular complexity index is 556. The third-order valence-electron chi connectivity index (χ3n) is 3.40. The van der Waals surface area contributed by atoms with Crippen LogP contribution in [0, 0.1) is 6.92 Å². The maximum absolute atomic E-state index is 6.31. The number of nitrogens with two attached hydrogens (primary N) is 1. The van der Waals surface area contributed by atoms with Gasteiger partial charge < -0.3 is 10.5 Å². The zero-order chi connectivity index (χ0) is 14.5. The summed E-state index contributed by atoms with van der Waals surface area (Å²) in [4.78, 5) is 0. The molecule has 2 aromatic rings. The van der Waals surface area contributed by atoms with E-state index in [9.17, 15) is 0 Å². The molecule has 106 valence electrons. The molecule has 0 fully saturated rings. The van der Waals surface area contributed by atoms with Crippen LogP contribution >= 0.6 is 11.6 Å². The normalized spacial score (nSPS) is 13.8. The van der Waals surface area contributed by atoms with Crippen LogP contribution in [-0.4, -0.2) is 6.10 Å². The van der Waals surface area contributed by atoms with Gasteiger partial charge >= 0.3 is 0 Å². The standard InChI is InChI=1S/C17H20ClNO/c1-3-16(17(19)13-7-5-4-6-8-13)20-14-9-10-15(18)12(2)11-14/h4-11,16-17H,3,19H2,1-2H3. The quantitative estimate of drug-likeness (QED) is 0.879. The second-order valence-electron chi connectivity index (χ2n) is 4.91. The first-order chi connectivity index (χ1) is 9.61. The molecule has 2 atom stereocenters. The van der Waals surface area contributed by atoms with Crippen molar-refractivity contribution >= 4 is 11.6 Å². The molecule has 2 unspecified atom stereocenters. The Labute approximate surface area is 125 Å². The first-order valence-electron chi connectivity index (χ1n) is 6.85. The summed E-state index contributed by atoms with van der Waals surface area (Å²) >= 11 is 6.03. The third-order valence-corrected chi connectivity index (χ3v) is 3.83. The van der Waals surface area contributed by atoms with Gasteiger partial charge in [0.15, 0.2) is 0 Å². The summed E-state index contributed by atoms with van der Waals surface area (Å²) in [7, 11) is 0. The molecule has 2 nitrogen and oxygen atoms in total. The highest BCUT2D eigenvalue weighted by atomic mass is 35.5. The van der Waals surface area contributed by atoms with Crippen molar-refractivity contribution in [2.45, 2.75) is 32.4 Å². The molecule has 2 N–H and O–H groups in total. The fraction of sp³-hybridized carbons (Fsp3) is 0.294. The Balaban J connectivity index is 2.14. The van der Waals surface area contributed by atoms with Crippen LogP contribution in [-0.2, 0) is 0 Å². The maximum atomic E-state index is 6.31. The zero-order valence-corrected chi connectivity index (χ0v) is 12.6. The SMILES string of the molecule is CCC(Oc1ccc(Cl)c(C)c1)C(N)c1ccccc1. The van der Waals surface area contributed by atoms with E-state index in [-0.39, 0.29) is 12.1 Å². The molecule has 0 aliphatic carbocycles. The van der Waals surface area contributed by atoms with E-state index in [1.165, 1.54) is 0 Å². The molecular weight excluding hydrogens is 270 g/mol. The number of aryl methyl sites for hydroxylation is 1. The molecule has 20 heavy (non-hydrogen) atoms. The molecule has 0 aliphatic heterocycles. The Morgan fingerprint density at radius 1 is 1.15 bits per heavy atom. The van der Waals surface area contributed by atoms with Gasteiger partial charge in [0.05, 0.1) is 6.04 Å². The summed E-state index contributed by atoms with van der Waals surface area (Å²) in [6.45, 7) is 4.05. The Morgan fingerprint density at radius 3 is 2.45 bits per heavy atom. The molecule has 0 saturated carbocycles. The van der Waals surface area contributed by atoms with E-state index in [0.29, 0.717) is 0 Å². The third kappa shape index (κ3) is 3.53. The van der Waals surface area contributed by atoms with Crippen LogP contribution in [0.25, 0.3) is 0 Å². The minimum absolute atomic E-state index is 0.0574. The number of hydrogen-bond acceptors (Lipinski definition) is 2. The molecule has 0 amide bonds. The predicted octanol–water partition coefficient (Wildman–Crippen LogP) is 4.51. The van der Waals surface area contributed by atoms with Crippen molar-refractivity contribution in [3.05, 3.63) is 64.7 Å². The van der Waals surface area contributed by atoms with Gasteiger partial charge in [0.25, 0.3) is 0 Å². The zero-order valence-electron chi connectivity index (χ0n) is 11.8. The predicted molar refractivity (Wildman–Crippen MR) is 84.3 cm³/mol. The van der Waals surface area contributed by atoms with Crippen LogP contribution in [0.2, 0.25) is 5.02 Å². The topological polar surface area (TPSA) is 35.2 Å². The van der Waals surface area contributed by atoms with Crippen molar-refractivity contribution in [3.8, 4) is 5.75 Å². The minimum atomic E-state index is -0.141. The summed E-state index contributed by atoms with van der Waals surface area (Å²) < 4.78 is 6.03. The van der Waals surface area contributed by atoms with E-state index in [1.54, 1.807) is 0 Å². The van der Waals surface area contributed by atoms with Crippen LogP contribution in [0.4, 0.5) is 0 Å². The van der Waals surface area contributed by atoms with Crippen molar-refractivity contribution in [1.82, 2.24) is 0 Å². The maximum Gasteiger partial charge on any atom is 0.120 e. The van der Waals surface area contributed by atoms with E-state index < -0.39 is 0 Å². The van der Waals surface area contributed by atoms with Gasteiger partial charge in [-0.25, -0.2) is 0 Å². The summed E-state index contributed by atoms with van der Waals surface area (Å²) in [6, 6.07) is 15.6. The second-order valence-corrected chi connectivity index (χ2v) is 5.32. The molecule has 0 heterocycles. The van der Waals surface area contributed by atoms with E-state index in [2.05, 4.69) is 6.92 Å². The van der Waals surface area contributed by atoms with E-state index in [0.717, 1.165) is 28.3 Å².